The van der Waals surface area contributed by atoms with Crippen LogP contribution in [0.3, 0.4) is 0 Å². The summed E-state index contributed by atoms with van der Waals surface area (Å²) in [4.78, 5) is 8.11. The van der Waals surface area contributed by atoms with E-state index in [1.165, 1.54) is 10.4 Å². The molecule has 2 rings (SSSR count). The molecule has 0 bridgehead atoms. The van der Waals surface area contributed by atoms with E-state index in [1.54, 1.807) is 18.4 Å². The first-order chi connectivity index (χ1) is 10.7. The van der Waals surface area contributed by atoms with Crippen molar-refractivity contribution in [3.63, 3.8) is 0 Å². The molecule has 1 N–H and O–H groups in total. The molecular formula is C17H24IN3OS. The number of thiophene rings is 1. The highest BCUT2D eigenvalue weighted by Crippen LogP contribution is 2.13. The summed E-state index contributed by atoms with van der Waals surface area (Å²) < 4.78 is 5.19. The standard InChI is InChI=1S/C17H23N3OS.HI/c1-4-18-17(19-12-16-6-5-11-22-16)20(2)13-14-7-9-15(21-3)10-8-14;/h5-11H,4,12-13H2,1-3H3,(H,18,19);1H. The highest BCUT2D eigenvalue weighted by Gasteiger charge is 2.07. The maximum Gasteiger partial charge on any atom is 0.194 e. The maximum atomic E-state index is 5.19. The van der Waals surface area contributed by atoms with Crippen LogP contribution >= 0.6 is 35.3 Å². The van der Waals surface area contributed by atoms with Crippen molar-refractivity contribution in [2.24, 2.45) is 4.99 Å². The molecule has 23 heavy (non-hydrogen) atoms. The van der Waals surface area contributed by atoms with Crippen molar-refractivity contribution < 1.29 is 4.74 Å². The number of ether oxygens (including phenoxy) is 1. The molecule has 126 valence electrons. The van der Waals surface area contributed by atoms with Crippen molar-refractivity contribution in [2.45, 2.75) is 20.0 Å². The van der Waals surface area contributed by atoms with Crippen molar-refractivity contribution in [2.75, 3.05) is 20.7 Å². The smallest absolute Gasteiger partial charge is 0.194 e. The lowest BCUT2D eigenvalue weighted by molar-refractivity contribution is 0.414. The molecule has 1 aromatic carbocycles. The third-order valence-corrected chi connectivity index (χ3v) is 4.10. The van der Waals surface area contributed by atoms with E-state index in [0.29, 0.717) is 6.54 Å². The number of guanidine groups is 1. The molecular weight excluding hydrogens is 421 g/mol. The zero-order valence-electron chi connectivity index (χ0n) is 13.8. The molecule has 1 aromatic heterocycles. The Morgan fingerprint density at radius 2 is 2.00 bits per heavy atom. The summed E-state index contributed by atoms with van der Waals surface area (Å²) in [5.41, 5.74) is 1.23. The molecule has 0 spiro atoms. The van der Waals surface area contributed by atoms with Crippen LogP contribution in [0.2, 0.25) is 0 Å². The first kappa shape index (κ1) is 19.8. The first-order valence-corrected chi connectivity index (χ1v) is 8.25. The van der Waals surface area contributed by atoms with Gasteiger partial charge >= 0.3 is 0 Å². The zero-order chi connectivity index (χ0) is 15.8. The second-order valence-corrected chi connectivity index (χ2v) is 5.99. The van der Waals surface area contributed by atoms with Crippen LogP contribution in [0.15, 0.2) is 46.8 Å². The van der Waals surface area contributed by atoms with Gasteiger partial charge in [0.15, 0.2) is 5.96 Å². The lowest BCUT2D eigenvalue weighted by atomic mass is 10.2. The summed E-state index contributed by atoms with van der Waals surface area (Å²) >= 11 is 1.74. The number of hydrogen-bond donors (Lipinski definition) is 1. The van der Waals surface area contributed by atoms with Crippen LogP contribution in [0.1, 0.15) is 17.4 Å². The van der Waals surface area contributed by atoms with Gasteiger partial charge in [-0.3, -0.25) is 0 Å². The third-order valence-electron chi connectivity index (χ3n) is 3.24. The molecule has 1 heterocycles. The number of methoxy groups -OCH3 is 1. The fourth-order valence-corrected chi connectivity index (χ4v) is 2.73. The first-order valence-electron chi connectivity index (χ1n) is 7.37. The van der Waals surface area contributed by atoms with Crippen LogP contribution < -0.4 is 10.1 Å². The molecule has 0 aliphatic rings. The van der Waals surface area contributed by atoms with Gasteiger partial charge in [-0.15, -0.1) is 35.3 Å². The number of halogens is 1. The Morgan fingerprint density at radius 1 is 1.26 bits per heavy atom. The van der Waals surface area contributed by atoms with Crippen LogP contribution in [0, 0.1) is 0 Å². The van der Waals surface area contributed by atoms with Crippen LogP contribution in [-0.4, -0.2) is 31.6 Å². The van der Waals surface area contributed by atoms with Crippen molar-refractivity contribution in [3.8, 4) is 5.75 Å². The number of rotatable bonds is 6. The molecule has 0 saturated carbocycles. The molecule has 4 nitrogen and oxygen atoms in total. The van der Waals surface area contributed by atoms with E-state index in [9.17, 15) is 0 Å². The lowest BCUT2D eigenvalue weighted by Gasteiger charge is -2.22. The minimum absolute atomic E-state index is 0. The van der Waals surface area contributed by atoms with Gasteiger partial charge in [-0.1, -0.05) is 18.2 Å². The quantitative estimate of drug-likeness (QED) is 0.416. The Morgan fingerprint density at radius 3 is 2.57 bits per heavy atom. The van der Waals surface area contributed by atoms with E-state index in [1.807, 2.05) is 12.1 Å². The lowest BCUT2D eigenvalue weighted by Crippen LogP contribution is -2.38. The Balaban J connectivity index is 0.00000264. The van der Waals surface area contributed by atoms with Gasteiger partial charge in [0.05, 0.1) is 13.7 Å². The van der Waals surface area contributed by atoms with Crippen molar-refractivity contribution in [1.29, 1.82) is 0 Å². The third kappa shape index (κ3) is 6.39. The summed E-state index contributed by atoms with van der Waals surface area (Å²) in [6.45, 7) is 4.46. The van der Waals surface area contributed by atoms with E-state index in [4.69, 9.17) is 9.73 Å². The Hall–Kier alpha value is -1.28. The van der Waals surface area contributed by atoms with Crippen LogP contribution in [-0.2, 0) is 13.1 Å². The minimum atomic E-state index is 0. The van der Waals surface area contributed by atoms with E-state index < -0.39 is 0 Å². The molecule has 2 aromatic rings. The zero-order valence-corrected chi connectivity index (χ0v) is 16.9. The molecule has 0 fully saturated rings. The van der Waals surface area contributed by atoms with Crippen LogP contribution in [0.25, 0.3) is 0 Å². The van der Waals surface area contributed by atoms with E-state index in [-0.39, 0.29) is 24.0 Å². The molecule has 0 aliphatic carbocycles. The topological polar surface area (TPSA) is 36.9 Å². The average molecular weight is 445 g/mol. The van der Waals surface area contributed by atoms with Gasteiger partial charge in [0.2, 0.25) is 0 Å². The van der Waals surface area contributed by atoms with Gasteiger partial charge in [-0.05, 0) is 36.1 Å². The Kier molecular flexibility index (Phi) is 9.01. The molecule has 0 unspecified atom stereocenters. The number of aliphatic imine (C=N–C) groups is 1. The molecule has 0 aliphatic heterocycles. The maximum absolute atomic E-state index is 5.19. The van der Waals surface area contributed by atoms with Crippen LogP contribution in [0.5, 0.6) is 5.75 Å². The van der Waals surface area contributed by atoms with E-state index in [2.05, 4.69) is 53.8 Å². The average Bonchev–Trinajstić information content (AvgIpc) is 3.05. The normalized spacial score (nSPS) is 10.8. The highest BCUT2D eigenvalue weighted by atomic mass is 127. The predicted molar refractivity (Wildman–Crippen MR) is 109 cm³/mol. The minimum Gasteiger partial charge on any atom is -0.497 e. The van der Waals surface area contributed by atoms with Crippen molar-refractivity contribution >= 4 is 41.3 Å². The number of nitrogens with one attached hydrogen (secondary N) is 1. The molecule has 0 radical (unpaired) electrons. The number of hydrogen-bond acceptors (Lipinski definition) is 3. The van der Waals surface area contributed by atoms with Gasteiger partial charge in [0, 0.05) is 25.0 Å². The molecule has 0 amide bonds. The summed E-state index contributed by atoms with van der Waals surface area (Å²) in [7, 11) is 3.74. The molecule has 0 atom stereocenters. The number of nitrogens with zero attached hydrogens (tertiary/aromatic N) is 2. The van der Waals surface area contributed by atoms with E-state index in [0.717, 1.165) is 24.8 Å². The Bertz CT molecular complexity index is 584. The molecule has 0 saturated heterocycles. The van der Waals surface area contributed by atoms with Crippen molar-refractivity contribution in [1.82, 2.24) is 10.2 Å². The summed E-state index contributed by atoms with van der Waals surface area (Å²) in [5, 5.41) is 5.43. The van der Waals surface area contributed by atoms with E-state index >= 15 is 0 Å². The van der Waals surface area contributed by atoms with Gasteiger partial charge in [0.1, 0.15) is 5.75 Å². The molecule has 6 heteroatoms. The SMILES string of the molecule is CCNC(=NCc1cccs1)N(C)Cc1ccc(OC)cc1.I. The van der Waals surface area contributed by atoms with Gasteiger partial charge in [-0.25, -0.2) is 4.99 Å². The van der Waals surface area contributed by atoms with Crippen molar-refractivity contribution in [3.05, 3.63) is 52.2 Å². The number of benzene rings is 1. The second-order valence-electron chi connectivity index (χ2n) is 4.95. The fraction of sp³-hybridized carbons (Fsp3) is 0.353. The second kappa shape index (κ2) is 10.5. The summed E-state index contributed by atoms with van der Waals surface area (Å²) in [6.07, 6.45) is 0. The van der Waals surface area contributed by atoms with Gasteiger partial charge in [-0.2, -0.15) is 0 Å². The largest absolute Gasteiger partial charge is 0.497 e. The predicted octanol–water partition coefficient (Wildman–Crippen LogP) is 3.97. The van der Waals surface area contributed by atoms with Gasteiger partial charge in [0.25, 0.3) is 0 Å². The highest BCUT2D eigenvalue weighted by molar-refractivity contribution is 14.0. The summed E-state index contributed by atoms with van der Waals surface area (Å²) in [6, 6.07) is 12.3. The fourth-order valence-electron chi connectivity index (χ4n) is 2.10. The Labute approximate surface area is 159 Å². The summed E-state index contributed by atoms with van der Waals surface area (Å²) in [5.74, 6) is 1.80. The van der Waals surface area contributed by atoms with Crippen LogP contribution in [0.4, 0.5) is 0 Å². The van der Waals surface area contributed by atoms with Gasteiger partial charge < -0.3 is 15.0 Å². The monoisotopic (exact) mass is 445 g/mol.